The van der Waals surface area contributed by atoms with E-state index in [0.717, 1.165) is 54.4 Å². The van der Waals surface area contributed by atoms with Gasteiger partial charge in [-0.05, 0) is 37.6 Å². The topological polar surface area (TPSA) is 24.9 Å². The summed E-state index contributed by atoms with van der Waals surface area (Å²) in [6.45, 7) is 5.09. The van der Waals surface area contributed by atoms with Gasteiger partial charge >= 0.3 is 6.18 Å². The predicted octanol–water partition coefficient (Wildman–Crippen LogP) is 5.03. The first-order valence-corrected chi connectivity index (χ1v) is 8.53. The van der Waals surface area contributed by atoms with Gasteiger partial charge in [0.2, 0.25) is 0 Å². The van der Waals surface area contributed by atoms with E-state index in [1.165, 1.54) is 12.6 Å². The molecular formula is C15H23F3N2S. The molecule has 0 spiro atoms. The Bertz CT molecular complexity index is 444. The molecule has 1 aliphatic carbocycles. The molecule has 0 saturated heterocycles. The van der Waals surface area contributed by atoms with Gasteiger partial charge < -0.3 is 5.32 Å². The van der Waals surface area contributed by atoms with Gasteiger partial charge in [0.05, 0.1) is 0 Å². The number of aromatic nitrogens is 1. The van der Waals surface area contributed by atoms with Gasteiger partial charge in [-0.15, -0.1) is 11.3 Å². The minimum absolute atomic E-state index is 0.0232. The Morgan fingerprint density at radius 3 is 2.67 bits per heavy atom. The molecule has 0 amide bonds. The number of hydrogen-bond donors (Lipinski definition) is 1. The monoisotopic (exact) mass is 320 g/mol. The van der Waals surface area contributed by atoms with Crippen LogP contribution < -0.4 is 5.32 Å². The maximum Gasteiger partial charge on any atom is 0.443 e. The standard InChI is InChI=1S/C15H23F3N2S/c1-3-7-19-13(11-6-5-10(4-2)8-11)12-9-20-14(21-12)15(16,17)18/h9-11,13,19H,3-8H2,1-2H3. The van der Waals surface area contributed by atoms with Gasteiger partial charge in [-0.25, -0.2) is 4.98 Å². The van der Waals surface area contributed by atoms with Gasteiger partial charge in [0.25, 0.3) is 0 Å². The van der Waals surface area contributed by atoms with Crippen LogP contribution in [0.3, 0.4) is 0 Å². The van der Waals surface area contributed by atoms with Crippen molar-refractivity contribution in [1.29, 1.82) is 0 Å². The maximum absolute atomic E-state index is 12.7. The SMILES string of the molecule is CCCNC(c1cnc(C(F)(F)F)s1)C1CCC(CC)C1. The van der Waals surface area contributed by atoms with Crippen LogP contribution in [0.25, 0.3) is 0 Å². The van der Waals surface area contributed by atoms with E-state index < -0.39 is 11.2 Å². The van der Waals surface area contributed by atoms with E-state index in [1.54, 1.807) is 0 Å². The van der Waals surface area contributed by atoms with Gasteiger partial charge in [-0.3, -0.25) is 0 Å². The molecule has 1 saturated carbocycles. The van der Waals surface area contributed by atoms with Crippen LogP contribution in [0, 0.1) is 11.8 Å². The molecule has 0 aromatic carbocycles. The van der Waals surface area contributed by atoms with Crippen molar-refractivity contribution in [2.75, 3.05) is 6.54 Å². The highest BCUT2D eigenvalue weighted by atomic mass is 32.1. The Hall–Kier alpha value is -0.620. The lowest BCUT2D eigenvalue weighted by atomic mass is 9.95. The number of alkyl halides is 3. The number of thiazole rings is 1. The molecule has 2 rings (SSSR count). The zero-order valence-corrected chi connectivity index (χ0v) is 13.4. The molecule has 6 heteroatoms. The summed E-state index contributed by atoms with van der Waals surface area (Å²) in [4.78, 5) is 4.31. The first kappa shape index (κ1) is 16.7. The summed E-state index contributed by atoms with van der Waals surface area (Å²) in [6, 6.07) is 0.0232. The van der Waals surface area contributed by atoms with E-state index in [4.69, 9.17) is 0 Å². The minimum atomic E-state index is -4.33. The predicted molar refractivity (Wildman–Crippen MR) is 79.3 cm³/mol. The lowest BCUT2D eigenvalue weighted by Gasteiger charge is -2.23. The molecule has 1 fully saturated rings. The molecule has 1 N–H and O–H groups in total. The van der Waals surface area contributed by atoms with Crippen LogP contribution in [0.5, 0.6) is 0 Å². The molecule has 120 valence electrons. The molecule has 21 heavy (non-hydrogen) atoms. The summed E-state index contributed by atoms with van der Waals surface area (Å²) in [5, 5.41) is 2.71. The molecule has 1 aromatic rings. The van der Waals surface area contributed by atoms with Crippen LogP contribution in [0.1, 0.15) is 61.9 Å². The third kappa shape index (κ3) is 4.19. The van der Waals surface area contributed by atoms with E-state index in [-0.39, 0.29) is 6.04 Å². The smallest absolute Gasteiger partial charge is 0.309 e. The Kier molecular flexibility index (Phi) is 5.66. The van der Waals surface area contributed by atoms with Crippen molar-refractivity contribution >= 4 is 11.3 Å². The third-order valence-electron chi connectivity index (χ3n) is 4.32. The van der Waals surface area contributed by atoms with Gasteiger partial charge in [0.1, 0.15) is 0 Å². The number of nitrogens with zero attached hydrogens (tertiary/aromatic N) is 1. The molecule has 1 heterocycles. The Balaban J connectivity index is 2.14. The molecule has 2 nitrogen and oxygen atoms in total. The lowest BCUT2D eigenvalue weighted by molar-refractivity contribution is -0.137. The molecular weight excluding hydrogens is 297 g/mol. The summed E-state index contributed by atoms with van der Waals surface area (Å²) in [6.07, 6.45) is 2.62. The average molecular weight is 320 g/mol. The van der Waals surface area contributed by atoms with Crippen LogP contribution >= 0.6 is 11.3 Å². The second-order valence-corrected chi connectivity index (χ2v) is 6.91. The van der Waals surface area contributed by atoms with E-state index in [0.29, 0.717) is 5.92 Å². The Morgan fingerprint density at radius 2 is 2.14 bits per heavy atom. The largest absolute Gasteiger partial charge is 0.443 e. The van der Waals surface area contributed by atoms with Crippen LogP contribution in [0.4, 0.5) is 13.2 Å². The highest BCUT2D eigenvalue weighted by Crippen LogP contribution is 2.43. The second kappa shape index (κ2) is 7.09. The fourth-order valence-electron chi connectivity index (χ4n) is 3.15. The quantitative estimate of drug-likeness (QED) is 0.795. The number of hydrogen-bond acceptors (Lipinski definition) is 3. The zero-order chi connectivity index (χ0) is 15.5. The van der Waals surface area contributed by atoms with Crippen LogP contribution in [0.2, 0.25) is 0 Å². The minimum Gasteiger partial charge on any atom is -0.309 e. The molecule has 1 aliphatic rings. The summed E-state index contributed by atoms with van der Waals surface area (Å²) in [5.41, 5.74) is 0. The number of rotatable bonds is 6. The van der Waals surface area contributed by atoms with Crippen molar-refractivity contribution in [1.82, 2.24) is 10.3 Å². The van der Waals surface area contributed by atoms with Crippen molar-refractivity contribution in [2.24, 2.45) is 11.8 Å². The zero-order valence-electron chi connectivity index (χ0n) is 12.5. The fourth-order valence-corrected chi connectivity index (χ4v) is 4.10. The van der Waals surface area contributed by atoms with E-state index >= 15 is 0 Å². The molecule has 3 unspecified atom stereocenters. The highest BCUT2D eigenvalue weighted by molar-refractivity contribution is 7.11. The van der Waals surface area contributed by atoms with Crippen LogP contribution in [-0.2, 0) is 6.18 Å². The number of nitrogens with one attached hydrogen (secondary N) is 1. The first-order chi connectivity index (χ1) is 9.95. The molecule has 0 bridgehead atoms. The van der Waals surface area contributed by atoms with Crippen molar-refractivity contribution in [3.8, 4) is 0 Å². The van der Waals surface area contributed by atoms with E-state index in [2.05, 4.69) is 24.1 Å². The van der Waals surface area contributed by atoms with Crippen molar-refractivity contribution in [3.05, 3.63) is 16.1 Å². The Labute approximate surface area is 128 Å². The highest BCUT2D eigenvalue weighted by Gasteiger charge is 2.37. The van der Waals surface area contributed by atoms with Gasteiger partial charge in [0.15, 0.2) is 5.01 Å². The first-order valence-electron chi connectivity index (χ1n) is 7.72. The van der Waals surface area contributed by atoms with Gasteiger partial charge in [-0.1, -0.05) is 26.7 Å². The van der Waals surface area contributed by atoms with E-state index in [1.807, 2.05) is 0 Å². The van der Waals surface area contributed by atoms with Gasteiger partial charge in [0, 0.05) is 17.1 Å². The van der Waals surface area contributed by atoms with Crippen LogP contribution in [0.15, 0.2) is 6.20 Å². The molecule has 0 aliphatic heterocycles. The lowest BCUT2D eigenvalue weighted by Crippen LogP contribution is -2.27. The van der Waals surface area contributed by atoms with Crippen molar-refractivity contribution in [2.45, 2.75) is 58.2 Å². The van der Waals surface area contributed by atoms with Crippen molar-refractivity contribution in [3.63, 3.8) is 0 Å². The van der Waals surface area contributed by atoms with Crippen LogP contribution in [-0.4, -0.2) is 11.5 Å². The van der Waals surface area contributed by atoms with E-state index in [9.17, 15) is 13.2 Å². The normalized spacial score (nSPS) is 24.4. The Morgan fingerprint density at radius 1 is 1.38 bits per heavy atom. The number of halogens is 3. The molecule has 3 atom stereocenters. The summed E-state index contributed by atoms with van der Waals surface area (Å²) in [7, 11) is 0. The van der Waals surface area contributed by atoms with Gasteiger partial charge in [-0.2, -0.15) is 13.2 Å². The summed E-state index contributed by atoms with van der Waals surface area (Å²) < 4.78 is 38.2. The molecule has 0 radical (unpaired) electrons. The summed E-state index contributed by atoms with van der Waals surface area (Å²) in [5.74, 6) is 1.15. The summed E-state index contributed by atoms with van der Waals surface area (Å²) >= 11 is 0.795. The third-order valence-corrected chi connectivity index (χ3v) is 5.44. The van der Waals surface area contributed by atoms with Crippen molar-refractivity contribution < 1.29 is 13.2 Å². The average Bonchev–Trinajstić information content (AvgIpc) is 3.07. The fraction of sp³-hybridized carbons (Fsp3) is 0.800. The maximum atomic E-state index is 12.7. The second-order valence-electron chi connectivity index (χ2n) is 5.84. The molecule has 1 aromatic heterocycles.